The lowest BCUT2D eigenvalue weighted by molar-refractivity contribution is -0.115. The van der Waals surface area contributed by atoms with Gasteiger partial charge in [0.1, 0.15) is 11.5 Å². The van der Waals surface area contributed by atoms with E-state index in [1.165, 1.54) is 11.8 Å². The Hall–Kier alpha value is -2.67. The molecule has 0 fully saturated rings. The number of anilines is 1. The zero-order valence-corrected chi connectivity index (χ0v) is 14.9. The molecule has 0 saturated heterocycles. The summed E-state index contributed by atoms with van der Waals surface area (Å²) in [6.45, 7) is 0. The van der Waals surface area contributed by atoms with Crippen LogP contribution in [0.2, 0.25) is 0 Å². The molecule has 1 heterocycles. The summed E-state index contributed by atoms with van der Waals surface area (Å²) >= 11 is 1.52. The van der Waals surface area contributed by atoms with E-state index < -0.39 is 0 Å². The zero-order chi connectivity index (χ0) is 17.6. The van der Waals surface area contributed by atoms with Gasteiger partial charge in [0.15, 0.2) is 5.16 Å². The molecule has 2 N–H and O–H groups in total. The maximum atomic E-state index is 12.2. The van der Waals surface area contributed by atoms with E-state index in [0.29, 0.717) is 29.4 Å². The lowest BCUT2D eigenvalue weighted by atomic mass is 10.2. The minimum atomic E-state index is -0.0768. The van der Waals surface area contributed by atoms with E-state index >= 15 is 0 Å². The topological polar surface area (TPSA) is 76.2 Å². The van der Waals surface area contributed by atoms with E-state index in [9.17, 15) is 4.79 Å². The summed E-state index contributed by atoms with van der Waals surface area (Å²) in [6, 6.07) is 13.1. The fraction of sp³-hybridized carbons (Fsp3) is 0.222. The van der Waals surface area contributed by atoms with Crippen molar-refractivity contribution in [2.24, 2.45) is 0 Å². The van der Waals surface area contributed by atoms with Crippen LogP contribution in [-0.4, -0.2) is 35.8 Å². The number of aromatic amines is 1. The summed E-state index contributed by atoms with van der Waals surface area (Å²) in [5, 5.41) is 3.68. The van der Waals surface area contributed by atoms with E-state index in [1.54, 1.807) is 32.4 Å². The second-order valence-electron chi connectivity index (χ2n) is 5.27. The fourth-order valence-electron chi connectivity index (χ4n) is 2.35. The number of rotatable bonds is 7. The molecule has 0 radical (unpaired) electrons. The number of imidazole rings is 1. The molecule has 3 aromatic rings. The molecule has 130 valence electrons. The SMILES string of the molecule is COc1ccc(NC(=O)CCSc2nc3ccccc3[nH]2)c(OC)c1. The average molecular weight is 357 g/mol. The number of methoxy groups -OCH3 is 2. The third-order valence-corrected chi connectivity index (χ3v) is 4.49. The standard InChI is InChI=1S/C18H19N3O3S/c1-23-12-7-8-15(16(11-12)24-2)19-17(22)9-10-25-18-20-13-5-3-4-6-14(13)21-18/h3-8,11H,9-10H2,1-2H3,(H,19,22)(H,20,21). The van der Waals surface area contributed by atoms with Gasteiger partial charge in [0.05, 0.1) is 30.9 Å². The monoisotopic (exact) mass is 357 g/mol. The minimum absolute atomic E-state index is 0.0768. The van der Waals surface area contributed by atoms with Crippen molar-refractivity contribution >= 4 is 34.4 Å². The van der Waals surface area contributed by atoms with E-state index in [4.69, 9.17) is 9.47 Å². The first-order chi connectivity index (χ1) is 12.2. The Bertz CT molecular complexity index is 846. The van der Waals surface area contributed by atoms with Crippen LogP contribution in [0.15, 0.2) is 47.6 Å². The highest BCUT2D eigenvalue weighted by Gasteiger charge is 2.10. The van der Waals surface area contributed by atoms with Gasteiger partial charge in [-0.3, -0.25) is 4.79 Å². The fourth-order valence-corrected chi connectivity index (χ4v) is 3.18. The molecule has 7 heteroatoms. The van der Waals surface area contributed by atoms with Gasteiger partial charge in [-0.25, -0.2) is 4.98 Å². The van der Waals surface area contributed by atoms with E-state index in [1.807, 2.05) is 24.3 Å². The van der Waals surface area contributed by atoms with Crippen molar-refractivity contribution in [3.63, 3.8) is 0 Å². The van der Waals surface area contributed by atoms with Crippen molar-refractivity contribution in [1.29, 1.82) is 0 Å². The van der Waals surface area contributed by atoms with Crippen LogP contribution in [0.25, 0.3) is 11.0 Å². The zero-order valence-electron chi connectivity index (χ0n) is 14.0. The number of carbonyl (C=O) groups is 1. The first-order valence-electron chi connectivity index (χ1n) is 7.79. The second-order valence-corrected chi connectivity index (χ2v) is 6.36. The summed E-state index contributed by atoms with van der Waals surface area (Å²) < 4.78 is 10.4. The number of ether oxygens (including phenoxy) is 2. The molecule has 0 spiro atoms. The Labute approximate surface area is 149 Å². The van der Waals surface area contributed by atoms with Gasteiger partial charge >= 0.3 is 0 Å². The van der Waals surface area contributed by atoms with Gasteiger partial charge < -0.3 is 19.8 Å². The number of benzene rings is 2. The molecule has 0 unspecified atom stereocenters. The summed E-state index contributed by atoms with van der Waals surface area (Å²) in [6.07, 6.45) is 0.372. The van der Waals surface area contributed by atoms with Gasteiger partial charge in [0.2, 0.25) is 5.91 Å². The smallest absolute Gasteiger partial charge is 0.225 e. The van der Waals surface area contributed by atoms with Crippen molar-refractivity contribution in [2.45, 2.75) is 11.6 Å². The van der Waals surface area contributed by atoms with Gasteiger partial charge in [-0.15, -0.1) is 0 Å². The Morgan fingerprint density at radius 1 is 1.20 bits per heavy atom. The van der Waals surface area contributed by atoms with Crippen molar-refractivity contribution in [1.82, 2.24) is 9.97 Å². The largest absolute Gasteiger partial charge is 0.497 e. The molecule has 0 aliphatic heterocycles. The normalized spacial score (nSPS) is 10.6. The van der Waals surface area contributed by atoms with Crippen LogP contribution < -0.4 is 14.8 Å². The third kappa shape index (κ3) is 4.24. The predicted octanol–water partition coefficient (Wildman–Crippen LogP) is 3.70. The molecule has 2 aromatic carbocycles. The third-order valence-electron chi connectivity index (χ3n) is 3.62. The van der Waals surface area contributed by atoms with Crippen LogP contribution in [0.1, 0.15) is 6.42 Å². The summed E-state index contributed by atoms with van der Waals surface area (Å²) in [5.41, 5.74) is 2.55. The Kier molecular flexibility index (Phi) is 5.45. The molecule has 0 aliphatic rings. The number of nitrogens with one attached hydrogen (secondary N) is 2. The molecule has 0 aliphatic carbocycles. The number of H-pyrrole nitrogens is 1. The minimum Gasteiger partial charge on any atom is -0.497 e. The average Bonchev–Trinajstić information content (AvgIpc) is 3.04. The summed E-state index contributed by atoms with van der Waals surface area (Å²) in [4.78, 5) is 19.9. The highest BCUT2D eigenvalue weighted by atomic mass is 32.2. The molecule has 1 amide bonds. The van der Waals surface area contributed by atoms with Crippen molar-refractivity contribution in [3.8, 4) is 11.5 Å². The number of para-hydroxylation sites is 2. The van der Waals surface area contributed by atoms with E-state index in [-0.39, 0.29) is 5.91 Å². The number of thioether (sulfide) groups is 1. The van der Waals surface area contributed by atoms with Crippen LogP contribution in [-0.2, 0) is 4.79 Å². The van der Waals surface area contributed by atoms with Crippen molar-refractivity contribution < 1.29 is 14.3 Å². The van der Waals surface area contributed by atoms with Gasteiger partial charge in [-0.2, -0.15) is 0 Å². The molecular formula is C18H19N3O3S. The summed E-state index contributed by atoms with van der Waals surface area (Å²) in [7, 11) is 3.14. The molecule has 1 aromatic heterocycles. The number of fused-ring (bicyclic) bond motifs is 1. The van der Waals surface area contributed by atoms with Crippen LogP contribution >= 0.6 is 11.8 Å². The first kappa shape index (κ1) is 17.2. The van der Waals surface area contributed by atoms with Crippen LogP contribution in [0.3, 0.4) is 0 Å². The molecule has 0 saturated carbocycles. The number of hydrogen-bond acceptors (Lipinski definition) is 5. The van der Waals surface area contributed by atoms with E-state index in [2.05, 4.69) is 15.3 Å². The number of hydrogen-bond donors (Lipinski definition) is 2. The number of carbonyl (C=O) groups excluding carboxylic acids is 1. The van der Waals surface area contributed by atoms with Crippen LogP contribution in [0, 0.1) is 0 Å². The lowest BCUT2D eigenvalue weighted by Gasteiger charge is -2.11. The Morgan fingerprint density at radius 3 is 2.80 bits per heavy atom. The summed E-state index contributed by atoms with van der Waals surface area (Å²) in [5.74, 6) is 1.80. The molecule has 3 rings (SSSR count). The predicted molar refractivity (Wildman–Crippen MR) is 99.6 cm³/mol. The van der Waals surface area contributed by atoms with E-state index in [0.717, 1.165) is 16.2 Å². The van der Waals surface area contributed by atoms with Gasteiger partial charge in [-0.1, -0.05) is 23.9 Å². The lowest BCUT2D eigenvalue weighted by Crippen LogP contribution is -2.13. The number of nitrogens with zero attached hydrogens (tertiary/aromatic N) is 1. The maximum Gasteiger partial charge on any atom is 0.225 e. The highest BCUT2D eigenvalue weighted by Crippen LogP contribution is 2.29. The maximum absolute atomic E-state index is 12.2. The van der Waals surface area contributed by atoms with Gasteiger partial charge in [0.25, 0.3) is 0 Å². The number of amides is 1. The second kappa shape index (κ2) is 7.94. The van der Waals surface area contributed by atoms with Gasteiger partial charge in [0, 0.05) is 18.2 Å². The Balaban J connectivity index is 1.54. The molecular weight excluding hydrogens is 338 g/mol. The number of aromatic nitrogens is 2. The molecule has 0 bridgehead atoms. The first-order valence-corrected chi connectivity index (χ1v) is 8.77. The van der Waals surface area contributed by atoms with Crippen molar-refractivity contribution in [2.75, 3.05) is 25.3 Å². The highest BCUT2D eigenvalue weighted by molar-refractivity contribution is 7.99. The van der Waals surface area contributed by atoms with Crippen LogP contribution in [0.4, 0.5) is 5.69 Å². The van der Waals surface area contributed by atoms with Gasteiger partial charge in [-0.05, 0) is 24.3 Å². The van der Waals surface area contributed by atoms with Crippen molar-refractivity contribution in [3.05, 3.63) is 42.5 Å². The Morgan fingerprint density at radius 2 is 2.04 bits per heavy atom. The molecule has 6 nitrogen and oxygen atoms in total. The molecule has 0 atom stereocenters. The molecule has 25 heavy (non-hydrogen) atoms. The van der Waals surface area contributed by atoms with Crippen LogP contribution in [0.5, 0.6) is 11.5 Å². The quantitative estimate of drug-likeness (QED) is 0.631.